The number of pyridine rings is 1. The number of hydrogen-bond acceptors (Lipinski definition) is 5. The highest BCUT2D eigenvalue weighted by Gasteiger charge is 2.26. The van der Waals surface area contributed by atoms with Crippen LogP contribution in [0.25, 0.3) is 11.3 Å². The average molecular weight is 515 g/mol. The molecule has 0 aliphatic carbocycles. The van der Waals surface area contributed by atoms with Crippen molar-refractivity contribution in [2.45, 2.75) is 6.92 Å². The molecular weight excluding hydrogens is 488 g/mol. The van der Waals surface area contributed by atoms with Crippen molar-refractivity contribution in [3.63, 3.8) is 0 Å². The molecule has 0 aliphatic heterocycles. The van der Waals surface area contributed by atoms with Crippen LogP contribution in [0.4, 0.5) is 11.4 Å². The topological polar surface area (TPSA) is 68.7 Å². The summed E-state index contributed by atoms with van der Waals surface area (Å²) in [6, 6.07) is 34.6. The molecule has 192 valence electrons. The van der Waals surface area contributed by atoms with Crippen molar-refractivity contribution in [3.05, 3.63) is 138 Å². The van der Waals surface area contributed by atoms with Crippen LogP contribution in [0.15, 0.2) is 121 Å². The van der Waals surface area contributed by atoms with E-state index in [1.54, 1.807) is 73.8 Å². The van der Waals surface area contributed by atoms with Gasteiger partial charge in [0, 0.05) is 16.8 Å². The lowest BCUT2D eigenvalue weighted by atomic mass is 10.1. The van der Waals surface area contributed by atoms with E-state index in [1.165, 1.54) is 11.1 Å². The Hall–Kier alpha value is -5.23. The zero-order valence-corrected chi connectivity index (χ0v) is 21.6. The van der Waals surface area contributed by atoms with Crippen LogP contribution in [0, 0.1) is 6.92 Å². The Morgan fingerprint density at radius 2 is 1.38 bits per heavy atom. The van der Waals surface area contributed by atoms with Gasteiger partial charge in [-0.3, -0.25) is 14.7 Å². The van der Waals surface area contributed by atoms with Crippen LogP contribution in [-0.4, -0.2) is 24.0 Å². The predicted molar refractivity (Wildman–Crippen MR) is 152 cm³/mol. The van der Waals surface area contributed by atoms with Gasteiger partial charge in [-0.1, -0.05) is 66.2 Å². The Kier molecular flexibility index (Phi) is 7.46. The molecule has 0 N–H and O–H groups in total. The molecule has 0 fully saturated rings. The summed E-state index contributed by atoms with van der Waals surface area (Å²) >= 11 is 0. The number of nitrogens with zero attached hydrogens (tertiary/aromatic N) is 2. The van der Waals surface area contributed by atoms with E-state index >= 15 is 0 Å². The maximum atomic E-state index is 14.0. The molecule has 1 heterocycles. The fourth-order valence-electron chi connectivity index (χ4n) is 4.11. The third-order valence-corrected chi connectivity index (χ3v) is 6.20. The lowest BCUT2D eigenvalue weighted by Crippen LogP contribution is -2.27. The maximum Gasteiger partial charge on any atom is 0.343 e. The van der Waals surface area contributed by atoms with Gasteiger partial charge in [0.1, 0.15) is 5.75 Å². The second kappa shape index (κ2) is 11.4. The predicted octanol–water partition coefficient (Wildman–Crippen LogP) is 7.26. The number of hydrogen-bond donors (Lipinski definition) is 0. The summed E-state index contributed by atoms with van der Waals surface area (Å²) < 4.78 is 11.2. The molecule has 0 radical (unpaired) electrons. The molecule has 0 unspecified atom stereocenters. The molecule has 39 heavy (non-hydrogen) atoms. The molecule has 0 spiro atoms. The van der Waals surface area contributed by atoms with Crippen molar-refractivity contribution in [1.29, 1.82) is 0 Å². The maximum absolute atomic E-state index is 14.0. The minimum Gasteiger partial charge on any atom is -0.497 e. The van der Waals surface area contributed by atoms with Crippen LogP contribution in [-0.2, 0) is 0 Å². The van der Waals surface area contributed by atoms with Crippen molar-refractivity contribution in [1.82, 2.24) is 4.98 Å². The first-order valence-corrected chi connectivity index (χ1v) is 12.4. The van der Waals surface area contributed by atoms with Gasteiger partial charge in [0.05, 0.1) is 30.3 Å². The number of carbonyl (C=O) groups excluding carboxylic acids is 2. The Morgan fingerprint density at radius 1 is 0.744 bits per heavy atom. The molecule has 0 saturated carbocycles. The number of aromatic nitrogens is 1. The van der Waals surface area contributed by atoms with Gasteiger partial charge in [0.15, 0.2) is 5.75 Å². The van der Waals surface area contributed by atoms with E-state index in [1.807, 2.05) is 55.5 Å². The minimum atomic E-state index is -0.549. The number of esters is 1. The smallest absolute Gasteiger partial charge is 0.343 e. The molecular formula is C33H26N2O4. The fourth-order valence-corrected chi connectivity index (χ4v) is 4.11. The number of benzene rings is 4. The third-order valence-electron chi connectivity index (χ3n) is 6.20. The molecule has 0 bridgehead atoms. The molecule has 4 aromatic carbocycles. The standard InChI is InChI=1S/C33H26N2O4/c1-23-13-15-26(16-14-23)33(37)39-31-22-34-29(24-9-5-3-6-10-24)21-30(31)35(27-17-19-28(38-2)20-18-27)32(36)25-11-7-4-8-12-25/h3-22H,1-2H3. The molecule has 6 nitrogen and oxygen atoms in total. The third kappa shape index (κ3) is 5.70. The lowest BCUT2D eigenvalue weighted by molar-refractivity contribution is 0.0733. The van der Waals surface area contributed by atoms with Crippen LogP contribution in [0.2, 0.25) is 0 Å². The van der Waals surface area contributed by atoms with E-state index in [-0.39, 0.29) is 11.7 Å². The second-order valence-electron chi connectivity index (χ2n) is 8.86. The van der Waals surface area contributed by atoms with E-state index in [0.29, 0.717) is 33.9 Å². The lowest BCUT2D eigenvalue weighted by Gasteiger charge is -2.25. The summed E-state index contributed by atoms with van der Waals surface area (Å²) in [4.78, 5) is 33.3. The number of anilines is 2. The van der Waals surface area contributed by atoms with Gasteiger partial charge in [-0.05, 0) is 61.5 Å². The van der Waals surface area contributed by atoms with Crippen molar-refractivity contribution >= 4 is 23.3 Å². The van der Waals surface area contributed by atoms with E-state index < -0.39 is 5.97 Å². The summed E-state index contributed by atoms with van der Waals surface area (Å²) in [7, 11) is 1.58. The van der Waals surface area contributed by atoms with Gasteiger partial charge in [-0.15, -0.1) is 0 Å². The Morgan fingerprint density at radius 3 is 2.03 bits per heavy atom. The molecule has 0 saturated heterocycles. The van der Waals surface area contributed by atoms with Crippen LogP contribution in [0.3, 0.4) is 0 Å². The summed E-state index contributed by atoms with van der Waals surface area (Å²) in [5, 5.41) is 0. The van der Waals surface area contributed by atoms with Crippen LogP contribution < -0.4 is 14.4 Å². The zero-order valence-electron chi connectivity index (χ0n) is 21.6. The van der Waals surface area contributed by atoms with Gasteiger partial charge in [-0.25, -0.2) is 4.79 Å². The van der Waals surface area contributed by atoms with Crippen LogP contribution in [0.5, 0.6) is 11.5 Å². The van der Waals surface area contributed by atoms with Gasteiger partial charge >= 0.3 is 5.97 Å². The number of rotatable bonds is 7. The summed E-state index contributed by atoms with van der Waals surface area (Å²) in [5.74, 6) is -0.0390. The first-order valence-electron chi connectivity index (χ1n) is 12.4. The fraction of sp³-hybridized carbons (Fsp3) is 0.0606. The molecule has 5 rings (SSSR count). The number of carbonyl (C=O) groups is 2. The Labute approximate surface area is 227 Å². The Bertz CT molecular complexity index is 1580. The van der Waals surface area contributed by atoms with E-state index in [4.69, 9.17) is 9.47 Å². The molecule has 0 atom stereocenters. The SMILES string of the molecule is COc1ccc(N(C(=O)c2ccccc2)c2cc(-c3ccccc3)ncc2OC(=O)c2ccc(C)cc2)cc1. The highest BCUT2D eigenvalue weighted by molar-refractivity contribution is 6.12. The number of amides is 1. The summed E-state index contributed by atoms with van der Waals surface area (Å²) in [6.45, 7) is 1.95. The number of aryl methyl sites for hydroxylation is 1. The van der Waals surface area contributed by atoms with Gasteiger partial charge in [0.25, 0.3) is 5.91 Å². The highest BCUT2D eigenvalue weighted by Crippen LogP contribution is 2.38. The molecule has 5 aromatic rings. The summed E-state index contributed by atoms with van der Waals surface area (Å²) in [6.07, 6.45) is 1.48. The number of ether oxygens (including phenoxy) is 2. The first-order chi connectivity index (χ1) is 19.0. The first kappa shape index (κ1) is 25.4. The molecule has 0 aliphatic rings. The number of methoxy groups -OCH3 is 1. The van der Waals surface area contributed by atoms with Crippen LogP contribution >= 0.6 is 0 Å². The summed E-state index contributed by atoms with van der Waals surface area (Å²) in [5.41, 5.74) is 4.33. The largest absolute Gasteiger partial charge is 0.497 e. The molecule has 1 aromatic heterocycles. The normalized spacial score (nSPS) is 10.5. The van der Waals surface area contributed by atoms with Crippen molar-refractivity contribution in [3.8, 4) is 22.8 Å². The van der Waals surface area contributed by atoms with Crippen molar-refractivity contribution in [2.24, 2.45) is 0 Å². The zero-order chi connectivity index (χ0) is 27.2. The van der Waals surface area contributed by atoms with Gasteiger partial charge < -0.3 is 9.47 Å². The van der Waals surface area contributed by atoms with Gasteiger partial charge in [-0.2, -0.15) is 0 Å². The van der Waals surface area contributed by atoms with E-state index in [0.717, 1.165) is 11.1 Å². The van der Waals surface area contributed by atoms with Crippen molar-refractivity contribution in [2.75, 3.05) is 12.0 Å². The van der Waals surface area contributed by atoms with Crippen molar-refractivity contribution < 1.29 is 19.1 Å². The van der Waals surface area contributed by atoms with E-state index in [9.17, 15) is 9.59 Å². The monoisotopic (exact) mass is 514 g/mol. The van der Waals surface area contributed by atoms with Crippen LogP contribution in [0.1, 0.15) is 26.3 Å². The quantitative estimate of drug-likeness (QED) is 0.214. The Balaban J connectivity index is 1.66. The second-order valence-corrected chi connectivity index (χ2v) is 8.86. The molecule has 6 heteroatoms. The van der Waals surface area contributed by atoms with E-state index in [2.05, 4.69) is 4.98 Å². The average Bonchev–Trinajstić information content (AvgIpc) is 2.99. The highest BCUT2D eigenvalue weighted by atomic mass is 16.5. The molecule has 1 amide bonds. The minimum absolute atomic E-state index is 0.153. The van der Waals surface area contributed by atoms with Gasteiger partial charge in [0.2, 0.25) is 0 Å².